The average Bonchev–Trinajstić information content (AvgIpc) is 2.66. The van der Waals surface area contributed by atoms with Crippen molar-refractivity contribution in [3.8, 4) is 0 Å². The van der Waals surface area contributed by atoms with E-state index in [1.54, 1.807) is 0 Å². The van der Waals surface area contributed by atoms with Gasteiger partial charge in [0.25, 0.3) is 0 Å². The Kier molecular flexibility index (Phi) is 3.23. The molecule has 2 unspecified atom stereocenters. The molecule has 2 N–H and O–H groups in total. The molecule has 2 amide bonds. The molecule has 4 nitrogen and oxygen atoms in total. The topological polar surface area (TPSA) is 63.4 Å². The predicted octanol–water partition coefficient (Wildman–Crippen LogP) is 0.980. The maximum absolute atomic E-state index is 11.8. The van der Waals surface area contributed by atoms with E-state index in [1.807, 2.05) is 0 Å². The summed E-state index contributed by atoms with van der Waals surface area (Å²) in [4.78, 5) is 25.4. The van der Waals surface area contributed by atoms with Crippen molar-refractivity contribution in [2.24, 2.45) is 11.7 Å². The maximum atomic E-state index is 11.8. The third-order valence-electron chi connectivity index (χ3n) is 3.50. The van der Waals surface area contributed by atoms with Gasteiger partial charge in [0.2, 0.25) is 11.8 Å². The largest absolute Gasteiger partial charge is 0.393 e. The fourth-order valence-electron chi connectivity index (χ4n) is 2.72. The first kappa shape index (κ1) is 11.5. The highest BCUT2D eigenvalue weighted by Gasteiger charge is 2.40. The molecule has 16 heavy (non-hydrogen) atoms. The smallest absolute Gasteiger partial charge is 0.229 e. The van der Waals surface area contributed by atoms with Gasteiger partial charge in [0, 0.05) is 24.8 Å². The molecule has 0 aromatic carbocycles. The van der Waals surface area contributed by atoms with E-state index in [-0.39, 0.29) is 23.8 Å². The highest BCUT2D eigenvalue weighted by Crippen LogP contribution is 2.32. The lowest BCUT2D eigenvalue weighted by Gasteiger charge is -2.33. The fourth-order valence-corrected chi connectivity index (χ4v) is 3.00. The van der Waals surface area contributed by atoms with Crippen molar-refractivity contribution in [2.75, 3.05) is 0 Å². The number of hydrogen-bond acceptors (Lipinski definition) is 3. The van der Waals surface area contributed by atoms with Crippen molar-refractivity contribution < 1.29 is 9.59 Å². The van der Waals surface area contributed by atoms with E-state index in [2.05, 4.69) is 0 Å². The summed E-state index contributed by atoms with van der Waals surface area (Å²) in [5.41, 5.74) is 5.67. The van der Waals surface area contributed by atoms with E-state index in [0.717, 1.165) is 19.3 Å². The molecule has 0 aromatic rings. The summed E-state index contributed by atoms with van der Waals surface area (Å²) in [6, 6.07) is -0.0715. The Morgan fingerprint density at radius 2 is 1.81 bits per heavy atom. The molecule has 5 heteroatoms. The summed E-state index contributed by atoms with van der Waals surface area (Å²) >= 11 is 5.01. The lowest BCUT2D eigenvalue weighted by Crippen LogP contribution is -2.50. The first-order valence-corrected chi connectivity index (χ1v) is 6.16. The van der Waals surface area contributed by atoms with Crippen molar-refractivity contribution in [3.63, 3.8) is 0 Å². The van der Waals surface area contributed by atoms with Crippen LogP contribution < -0.4 is 5.73 Å². The van der Waals surface area contributed by atoms with Crippen LogP contribution in [0, 0.1) is 5.92 Å². The molecule has 0 spiro atoms. The highest BCUT2D eigenvalue weighted by molar-refractivity contribution is 7.80. The van der Waals surface area contributed by atoms with Crippen LogP contribution in [0.15, 0.2) is 0 Å². The molecule has 2 fully saturated rings. The van der Waals surface area contributed by atoms with Crippen LogP contribution in [0.3, 0.4) is 0 Å². The van der Waals surface area contributed by atoms with E-state index in [4.69, 9.17) is 18.0 Å². The average molecular weight is 240 g/mol. The number of nitrogens with two attached hydrogens (primary N) is 1. The highest BCUT2D eigenvalue weighted by atomic mass is 32.1. The zero-order chi connectivity index (χ0) is 11.7. The standard InChI is InChI=1S/C11H16N2O2S/c12-11(16)7-3-1-4-8(7)13-9(14)5-2-6-10(13)15/h7-8H,1-6H2,(H2,12,16). The number of thiocarbonyl (C=S) groups is 1. The molecule has 1 aliphatic heterocycles. The molecular formula is C11H16N2O2S. The summed E-state index contributed by atoms with van der Waals surface area (Å²) in [5.74, 6) is -0.0743. The summed E-state index contributed by atoms with van der Waals surface area (Å²) < 4.78 is 0. The van der Waals surface area contributed by atoms with Gasteiger partial charge in [-0.3, -0.25) is 14.5 Å². The van der Waals surface area contributed by atoms with E-state index in [0.29, 0.717) is 24.3 Å². The Balaban J connectivity index is 2.18. The third kappa shape index (κ3) is 1.96. The predicted molar refractivity (Wildman–Crippen MR) is 63.6 cm³/mol. The van der Waals surface area contributed by atoms with Gasteiger partial charge in [0.15, 0.2) is 0 Å². The monoisotopic (exact) mass is 240 g/mol. The molecule has 1 saturated carbocycles. The van der Waals surface area contributed by atoms with Gasteiger partial charge < -0.3 is 5.73 Å². The molecule has 88 valence electrons. The van der Waals surface area contributed by atoms with Crippen LogP contribution in [0.2, 0.25) is 0 Å². The first-order valence-electron chi connectivity index (χ1n) is 5.75. The molecule has 0 bridgehead atoms. The second-order valence-electron chi connectivity index (χ2n) is 4.52. The second kappa shape index (κ2) is 4.49. The van der Waals surface area contributed by atoms with Crippen molar-refractivity contribution in [3.05, 3.63) is 0 Å². The van der Waals surface area contributed by atoms with E-state index in [1.165, 1.54) is 4.90 Å². The van der Waals surface area contributed by atoms with E-state index < -0.39 is 0 Å². The minimum atomic E-state index is -0.0715. The zero-order valence-corrected chi connectivity index (χ0v) is 9.96. The molecule has 2 aliphatic rings. The van der Waals surface area contributed by atoms with Crippen LogP contribution in [0.25, 0.3) is 0 Å². The van der Waals surface area contributed by atoms with Crippen molar-refractivity contribution in [1.82, 2.24) is 4.90 Å². The Hall–Kier alpha value is -0.970. The van der Waals surface area contributed by atoms with Gasteiger partial charge in [-0.25, -0.2) is 0 Å². The zero-order valence-electron chi connectivity index (χ0n) is 9.15. The maximum Gasteiger partial charge on any atom is 0.229 e. The number of hydrogen-bond donors (Lipinski definition) is 1. The van der Waals surface area contributed by atoms with Gasteiger partial charge in [-0.05, 0) is 19.3 Å². The fraction of sp³-hybridized carbons (Fsp3) is 0.727. The minimum absolute atomic E-state index is 0.0287. The number of likely N-dealkylation sites (tertiary alicyclic amines) is 1. The van der Waals surface area contributed by atoms with E-state index >= 15 is 0 Å². The minimum Gasteiger partial charge on any atom is -0.393 e. The summed E-state index contributed by atoms with van der Waals surface area (Å²) in [6.07, 6.45) is 4.37. The molecular weight excluding hydrogens is 224 g/mol. The van der Waals surface area contributed by atoms with Gasteiger partial charge in [-0.15, -0.1) is 0 Å². The number of carbonyl (C=O) groups excluding carboxylic acids is 2. The molecule has 1 saturated heterocycles. The third-order valence-corrected chi connectivity index (χ3v) is 3.80. The molecule has 0 radical (unpaired) electrons. The Bertz CT molecular complexity index is 327. The molecule has 0 aromatic heterocycles. The van der Waals surface area contributed by atoms with Gasteiger partial charge >= 0.3 is 0 Å². The number of nitrogens with zero attached hydrogens (tertiary/aromatic N) is 1. The van der Waals surface area contributed by atoms with Crippen molar-refractivity contribution in [2.45, 2.75) is 44.6 Å². The molecule has 1 aliphatic carbocycles. The van der Waals surface area contributed by atoms with Crippen LogP contribution >= 0.6 is 12.2 Å². The number of amides is 2. The van der Waals surface area contributed by atoms with Crippen molar-refractivity contribution >= 4 is 29.0 Å². The molecule has 2 rings (SSSR count). The quantitative estimate of drug-likeness (QED) is 0.577. The van der Waals surface area contributed by atoms with Crippen LogP contribution in [-0.4, -0.2) is 27.7 Å². The van der Waals surface area contributed by atoms with Crippen LogP contribution in [0.1, 0.15) is 38.5 Å². The van der Waals surface area contributed by atoms with Crippen molar-refractivity contribution in [1.29, 1.82) is 0 Å². The Labute approximate surface area is 100 Å². The van der Waals surface area contributed by atoms with Gasteiger partial charge in [0.1, 0.15) is 0 Å². The first-order chi connectivity index (χ1) is 7.61. The van der Waals surface area contributed by atoms with E-state index in [9.17, 15) is 9.59 Å². The number of imide groups is 1. The number of carbonyl (C=O) groups is 2. The Morgan fingerprint density at radius 3 is 2.38 bits per heavy atom. The summed E-state index contributed by atoms with van der Waals surface area (Å²) in [5, 5.41) is 0. The summed E-state index contributed by atoms with van der Waals surface area (Å²) in [7, 11) is 0. The number of rotatable bonds is 2. The van der Waals surface area contributed by atoms with Crippen LogP contribution in [0.4, 0.5) is 0 Å². The molecule has 2 atom stereocenters. The van der Waals surface area contributed by atoms with Crippen LogP contribution in [0.5, 0.6) is 0 Å². The SMILES string of the molecule is NC(=S)C1CCCC1N1C(=O)CCCC1=O. The van der Waals surface area contributed by atoms with Gasteiger partial charge in [-0.1, -0.05) is 18.6 Å². The second-order valence-corrected chi connectivity index (χ2v) is 4.99. The van der Waals surface area contributed by atoms with Gasteiger partial charge in [0.05, 0.1) is 4.99 Å². The lowest BCUT2D eigenvalue weighted by molar-refractivity contribution is -0.151. The van der Waals surface area contributed by atoms with Gasteiger partial charge in [-0.2, -0.15) is 0 Å². The lowest BCUT2D eigenvalue weighted by atomic mass is 9.98. The molecule has 1 heterocycles. The number of piperidine rings is 1. The summed E-state index contributed by atoms with van der Waals surface area (Å²) in [6.45, 7) is 0. The Morgan fingerprint density at radius 1 is 1.19 bits per heavy atom. The normalized spacial score (nSPS) is 30.9. The van der Waals surface area contributed by atoms with Crippen LogP contribution in [-0.2, 0) is 9.59 Å².